The molecule has 0 amide bonds. The molecule has 1 unspecified atom stereocenters. The van der Waals surface area contributed by atoms with Crippen LogP contribution in [-0.2, 0) is 0 Å². The molecule has 1 N–H and O–H groups in total. The molecule has 1 nitrogen and oxygen atoms in total. The lowest BCUT2D eigenvalue weighted by Gasteiger charge is -2.27. The predicted molar refractivity (Wildman–Crippen MR) is 86.3 cm³/mol. The van der Waals surface area contributed by atoms with Gasteiger partial charge in [-0.15, -0.1) is 23.5 Å². The lowest BCUT2D eigenvalue weighted by molar-refractivity contribution is 0.585. The van der Waals surface area contributed by atoms with Gasteiger partial charge in [0.2, 0.25) is 0 Å². The molecule has 104 valence electrons. The Morgan fingerprint density at radius 1 is 1.25 bits per heavy atom. The van der Waals surface area contributed by atoms with Crippen LogP contribution in [0.5, 0.6) is 0 Å². The van der Waals surface area contributed by atoms with Crippen LogP contribution in [0.4, 0.5) is 10.1 Å². The molecule has 4 heteroatoms. The molecule has 0 aliphatic carbocycles. The van der Waals surface area contributed by atoms with E-state index in [1.54, 1.807) is 35.7 Å². The smallest absolute Gasteiger partial charge is 0.137 e. The number of thioether (sulfide) groups is 2. The van der Waals surface area contributed by atoms with Gasteiger partial charge in [0.05, 0.1) is 6.04 Å². The van der Waals surface area contributed by atoms with E-state index in [1.165, 1.54) is 4.90 Å². The van der Waals surface area contributed by atoms with Crippen LogP contribution in [-0.4, -0.2) is 12.0 Å². The number of nitrogens with one attached hydrogen (secondary N) is 1. The Kier molecular flexibility index (Phi) is 4.22. The molecule has 0 spiro atoms. The van der Waals surface area contributed by atoms with Gasteiger partial charge < -0.3 is 5.32 Å². The Morgan fingerprint density at radius 2 is 2.10 bits per heavy atom. The second kappa shape index (κ2) is 6.10. The molecule has 0 bridgehead atoms. The summed E-state index contributed by atoms with van der Waals surface area (Å²) in [5.41, 5.74) is 2.18. The number of hydrogen-bond donors (Lipinski definition) is 1. The molecule has 0 radical (unpaired) electrons. The minimum Gasteiger partial charge on any atom is -0.378 e. The maximum absolute atomic E-state index is 13.9. The predicted octanol–water partition coefficient (Wildman–Crippen LogP) is 5.20. The van der Waals surface area contributed by atoms with E-state index in [1.807, 2.05) is 6.07 Å². The fraction of sp³-hybridized carbons (Fsp3) is 0.250. The molecule has 0 fully saturated rings. The lowest BCUT2D eigenvalue weighted by Crippen LogP contribution is -2.16. The highest BCUT2D eigenvalue weighted by atomic mass is 32.2. The van der Waals surface area contributed by atoms with E-state index in [-0.39, 0.29) is 11.9 Å². The van der Waals surface area contributed by atoms with E-state index >= 15 is 0 Å². The Balaban J connectivity index is 1.87. The first kappa shape index (κ1) is 13.8. The molecule has 0 saturated heterocycles. The maximum atomic E-state index is 13.9. The summed E-state index contributed by atoms with van der Waals surface area (Å²) in [6.45, 7) is 0. The van der Waals surface area contributed by atoms with Gasteiger partial charge in [-0.05, 0) is 42.5 Å². The summed E-state index contributed by atoms with van der Waals surface area (Å²) >= 11 is 3.35. The third-order valence-corrected chi connectivity index (χ3v) is 5.32. The van der Waals surface area contributed by atoms with Gasteiger partial charge in [0, 0.05) is 21.2 Å². The van der Waals surface area contributed by atoms with Gasteiger partial charge in [0.15, 0.2) is 0 Å². The van der Waals surface area contributed by atoms with E-state index in [2.05, 4.69) is 35.8 Å². The minimum absolute atomic E-state index is 0.100. The summed E-state index contributed by atoms with van der Waals surface area (Å²) < 4.78 is 13.9. The van der Waals surface area contributed by atoms with E-state index in [9.17, 15) is 4.39 Å². The van der Waals surface area contributed by atoms with Crippen molar-refractivity contribution in [3.8, 4) is 0 Å². The van der Waals surface area contributed by atoms with Crippen LogP contribution in [0, 0.1) is 5.82 Å². The van der Waals surface area contributed by atoms with Gasteiger partial charge in [-0.3, -0.25) is 0 Å². The average molecular weight is 305 g/mol. The highest BCUT2D eigenvalue weighted by molar-refractivity contribution is 7.99. The summed E-state index contributed by atoms with van der Waals surface area (Å²) in [4.78, 5) is 2.04. The molecule has 0 aromatic heterocycles. The molecule has 20 heavy (non-hydrogen) atoms. The van der Waals surface area contributed by atoms with Crippen LogP contribution in [0.3, 0.4) is 0 Å². The van der Waals surface area contributed by atoms with Crippen LogP contribution >= 0.6 is 23.5 Å². The fourth-order valence-corrected chi connectivity index (χ4v) is 4.05. The van der Waals surface area contributed by atoms with Gasteiger partial charge in [0.25, 0.3) is 0 Å². The summed E-state index contributed by atoms with van der Waals surface area (Å²) in [6, 6.07) is 13.9. The summed E-state index contributed by atoms with van der Waals surface area (Å²) in [7, 11) is 0. The number of rotatable bonds is 3. The number of halogens is 1. The van der Waals surface area contributed by atoms with Crippen molar-refractivity contribution >= 4 is 29.2 Å². The first-order valence-electron chi connectivity index (χ1n) is 6.60. The third kappa shape index (κ3) is 2.81. The zero-order valence-corrected chi connectivity index (χ0v) is 12.9. The molecule has 0 saturated carbocycles. The third-order valence-electron chi connectivity index (χ3n) is 3.44. The zero-order valence-electron chi connectivity index (χ0n) is 11.2. The van der Waals surface area contributed by atoms with Crippen LogP contribution in [0.1, 0.15) is 18.0 Å². The molecular formula is C16H16FNS2. The normalized spacial score (nSPS) is 17.6. The number of anilines is 1. The van der Waals surface area contributed by atoms with Crippen LogP contribution in [0.25, 0.3) is 0 Å². The Hall–Kier alpha value is -1.13. The minimum atomic E-state index is -0.100. The van der Waals surface area contributed by atoms with Crippen molar-refractivity contribution in [1.29, 1.82) is 0 Å². The van der Waals surface area contributed by atoms with Crippen molar-refractivity contribution in [2.75, 3.05) is 17.3 Å². The molecule has 3 rings (SSSR count). The van der Waals surface area contributed by atoms with E-state index < -0.39 is 0 Å². The van der Waals surface area contributed by atoms with Crippen molar-refractivity contribution in [1.82, 2.24) is 0 Å². The van der Waals surface area contributed by atoms with Gasteiger partial charge in [0.1, 0.15) is 5.82 Å². The molecule has 2 aromatic carbocycles. The highest BCUT2D eigenvalue weighted by Crippen LogP contribution is 2.39. The average Bonchev–Trinajstić information content (AvgIpc) is 2.49. The highest BCUT2D eigenvalue weighted by Gasteiger charge is 2.22. The quantitative estimate of drug-likeness (QED) is 0.783. The van der Waals surface area contributed by atoms with Crippen molar-refractivity contribution in [3.05, 3.63) is 53.8 Å². The molecule has 2 aromatic rings. The van der Waals surface area contributed by atoms with Crippen LogP contribution < -0.4 is 5.32 Å². The number of hydrogen-bond acceptors (Lipinski definition) is 3. The second-order valence-corrected chi connectivity index (χ2v) is 6.71. The molecular weight excluding hydrogens is 289 g/mol. The Morgan fingerprint density at radius 3 is 2.95 bits per heavy atom. The Bertz CT molecular complexity index is 615. The molecule has 1 heterocycles. The van der Waals surface area contributed by atoms with Crippen molar-refractivity contribution in [2.24, 2.45) is 0 Å². The second-order valence-electron chi connectivity index (χ2n) is 4.72. The summed E-state index contributed by atoms with van der Waals surface area (Å²) in [6.07, 6.45) is 3.09. The molecule has 1 atom stereocenters. The number of benzene rings is 2. The first-order valence-corrected chi connectivity index (χ1v) is 8.81. The topological polar surface area (TPSA) is 12.0 Å². The maximum Gasteiger partial charge on any atom is 0.137 e. The SMILES string of the molecule is CSc1cccc(NC2CCSc3c(F)cccc32)c1. The van der Waals surface area contributed by atoms with Gasteiger partial charge in [-0.2, -0.15) is 0 Å². The molecule has 1 aliphatic heterocycles. The standard InChI is InChI=1S/C16H16FNS2/c1-19-12-5-2-4-11(10-12)18-15-8-9-20-16-13(15)6-3-7-14(16)17/h2-7,10,15,18H,8-9H2,1H3. The van der Waals surface area contributed by atoms with Crippen LogP contribution in [0.2, 0.25) is 0 Å². The van der Waals surface area contributed by atoms with Crippen molar-refractivity contribution in [3.63, 3.8) is 0 Å². The van der Waals surface area contributed by atoms with Gasteiger partial charge >= 0.3 is 0 Å². The van der Waals surface area contributed by atoms with Crippen molar-refractivity contribution < 1.29 is 4.39 Å². The van der Waals surface area contributed by atoms with E-state index in [4.69, 9.17) is 0 Å². The number of fused-ring (bicyclic) bond motifs is 1. The largest absolute Gasteiger partial charge is 0.378 e. The first-order chi connectivity index (χ1) is 9.78. The van der Waals surface area contributed by atoms with Gasteiger partial charge in [-0.25, -0.2) is 4.39 Å². The van der Waals surface area contributed by atoms with E-state index in [0.29, 0.717) is 0 Å². The lowest BCUT2D eigenvalue weighted by atomic mass is 10.0. The summed E-state index contributed by atoms with van der Waals surface area (Å²) in [5, 5.41) is 3.55. The monoisotopic (exact) mass is 305 g/mol. The molecule has 1 aliphatic rings. The fourth-order valence-electron chi connectivity index (χ4n) is 2.45. The van der Waals surface area contributed by atoms with E-state index in [0.717, 1.165) is 28.3 Å². The summed E-state index contributed by atoms with van der Waals surface area (Å²) in [5.74, 6) is 0.852. The van der Waals surface area contributed by atoms with Crippen LogP contribution in [0.15, 0.2) is 52.3 Å². The van der Waals surface area contributed by atoms with Crippen molar-refractivity contribution in [2.45, 2.75) is 22.3 Å². The Labute approximate surface area is 127 Å². The van der Waals surface area contributed by atoms with Gasteiger partial charge in [-0.1, -0.05) is 18.2 Å². The zero-order chi connectivity index (χ0) is 13.9.